The summed E-state index contributed by atoms with van der Waals surface area (Å²) in [7, 11) is 1.64. The zero-order valence-corrected chi connectivity index (χ0v) is 9.56. The van der Waals surface area contributed by atoms with Gasteiger partial charge in [-0.15, -0.1) is 0 Å². The lowest BCUT2D eigenvalue weighted by molar-refractivity contribution is -0.0109. The standard InChI is InChI=1S/C11H19NO4/c1-13-5-6-14-7-8-16-11(9-12)10-3-2-4-15-10/h2-4,11H,5-9,12H2,1H3. The van der Waals surface area contributed by atoms with Crippen molar-refractivity contribution in [2.45, 2.75) is 6.10 Å². The molecule has 0 radical (unpaired) electrons. The van der Waals surface area contributed by atoms with Crippen molar-refractivity contribution in [1.82, 2.24) is 0 Å². The third-order valence-corrected chi connectivity index (χ3v) is 2.05. The second kappa shape index (κ2) is 8.29. The number of hydrogen-bond acceptors (Lipinski definition) is 5. The molecule has 1 aromatic heterocycles. The van der Waals surface area contributed by atoms with Crippen molar-refractivity contribution in [3.05, 3.63) is 24.2 Å². The van der Waals surface area contributed by atoms with Crippen molar-refractivity contribution in [3.8, 4) is 0 Å². The number of hydrogen-bond donors (Lipinski definition) is 1. The zero-order chi connectivity index (χ0) is 11.6. The number of furan rings is 1. The topological polar surface area (TPSA) is 66.8 Å². The van der Waals surface area contributed by atoms with Crippen LogP contribution in [-0.2, 0) is 14.2 Å². The van der Waals surface area contributed by atoms with Crippen LogP contribution in [0.15, 0.2) is 22.8 Å². The monoisotopic (exact) mass is 229 g/mol. The SMILES string of the molecule is COCCOCCOC(CN)c1ccco1. The fraction of sp³-hybridized carbons (Fsp3) is 0.636. The molecule has 0 amide bonds. The van der Waals surface area contributed by atoms with E-state index in [9.17, 15) is 0 Å². The Morgan fingerprint density at radius 3 is 2.75 bits per heavy atom. The van der Waals surface area contributed by atoms with Crippen LogP contribution in [0.3, 0.4) is 0 Å². The predicted molar refractivity (Wildman–Crippen MR) is 59.2 cm³/mol. The molecular formula is C11H19NO4. The van der Waals surface area contributed by atoms with Gasteiger partial charge in [0.05, 0.1) is 32.7 Å². The summed E-state index contributed by atoms with van der Waals surface area (Å²) in [6.07, 6.45) is 1.41. The van der Waals surface area contributed by atoms with Crippen LogP contribution in [0.25, 0.3) is 0 Å². The molecule has 0 bridgehead atoms. The van der Waals surface area contributed by atoms with Crippen molar-refractivity contribution in [2.24, 2.45) is 5.73 Å². The minimum Gasteiger partial charge on any atom is -0.467 e. The van der Waals surface area contributed by atoms with E-state index in [1.165, 1.54) is 0 Å². The second-order valence-corrected chi connectivity index (χ2v) is 3.22. The Kier molecular flexibility index (Phi) is 6.83. The Balaban J connectivity index is 2.11. The molecule has 16 heavy (non-hydrogen) atoms. The third-order valence-electron chi connectivity index (χ3n) is 2.05. The Labute approximate surface area is 95.5 Å². The molecular weight excluding hydrogens is 210 g/mol. The fourth-order valence-electron chi connectivity index (χ4n) is 1.23. The average molecular weight is 229 g/mol. The molecule has 1 rings (SSSR count). The first-order valence-corrected chi connectivity index (χ1v) is 5.30. The number of rotatable bonds is 9. The quantitative estimate of drug-likeness (QED) is 0.639. The Bertz CT molecular complexity index is 250. The van der Waals surface area contributed by atoms with E-state index >= 15 is 0 Å². The van der Waals surface area contributed by atoms with Gasteiger partial charge in [0, 0.05) is 13.7 Å². The van der Waals surface area contributed by atoms with E-state index in [1.54, 1.807) is 13.4 Å². The summed E-state index contributed by atoms with van der Waals surface area (Å²) in [6.45, 7) is 2.59. The largest absolute Gasteiger partial charge is 0.467 e. The normalized spacial score (nSPS) is 12.9. The lowest BCUT2D eigenvalue weighted by atomic mass is 10.3. The number of methoxy groups -OCH3 is 1. The first kappa shape index (κ1) is 13.2. The third kappa shape index (κ3) is 4.76. The summed E-state index contributed by atoms with van der Waals surface area (Å²) >= 11 is 0. The summed E-state index contributed by atoms with van der Waals surface area (Å²) in [6, 6.07) is 3.67. The Hall–Kier alpha value is -0.880. The van der Waals surface area contributed by atoms with E-state index < -0.39 is 0 Å². The van der Waals surface area contributed by atoms with Crippen molar-refractivity contribution < 1.29 is 18.6 Å². The van der Waals surface area contributed by atoms with Crippen molar-refractivity contribution >= 4 is 0 Å². The van der Waals surface area contributed by atoms with Crippen LogP contribution >= 0.6 is 0 Å². The highest BCUT2D eigenvalue weighted by molar-refractivity contribution is 5.02. The van der Waals surface area contributed by atoms with E-state index in [0.29, 0.717) is 33.0 Å². The van der Waals surface area contributed by atoms with Gasteiger partial charge in [-0.1, -0.05) is 0 Å². The van der Waals surface area contributed by atoms with Gasteiger partial charge in [-0.3, -0.25) is 0 Å². The van der Waals surface area contributed by atoms with Crippen molar-refractivity contribution in [1.29, 1.82) is 0 Å². The van der Waals surface area contributed by atoms with Crippen molar-refractivity contribution in [2.75, 3.05) is 40.1 Å². The summed E-state index contributed by atoms with van der Waals surface area (Å²) in [5.74, 6) is 0.749. The molecule has 5 heteroatoms. The van der Waals surface area contributed by atoms with Crippen molar-refractivity contribution in [3.63, 3.8) is 0 Å². The molecule has 1 aromatic rings. The first-order chi connectivity index (χ1) is 7.88. The highest BCUT2D eigenvalue weighted by atomic mass is 16.5. The summed E-state index contributed by atoms with van der Waals surface area (Å²) in [5, 5.41) is 0. The van der Waals surface area contributed by atoms with Crippen LogP contribution in [0.2, 0.25) is 0 Å². The average Bonchev–Trinajstić information content (AvgIpc) is 2.82. The van der Waals surface area contributed by atoms with Crippen LogP contribution in [0.5, 0.6) is 0 Å². The lowest BCUT2D eigenvalue weighted by Gasteiger charge is -2.13. The van der Waals surface area contributed by atoms with Gasteiger partial charge in [-0.05, 0) is 12.1 Å². The molecule has 0 aliphatic heterocycles. The Morgan fingerprint density at radius 1 is 1.31 bits per heavy atom. The van der Waals surface area contributed by atoms with E-state index in [2.05, 4.69) is 0 Å². The van der Waals surface area contributed by atoms with Gasteiger partial charge < -0.3 is 24.4 Å². The van der Waals surface area contributed by atoms with Crippen LogP contribution in [0, 0.1) is 0 Å². The van der Waals surface area contributed by atoms with Gasteiger partial charge in [-0.2, -0.15) is 0 Å². The van der Waals surface area contributed by atoms with E-state index in [1.807, 2.05) is 12.1 Å². The van der Waals surface area contributed by atoms with E-state index in [-0.39, 0.29) is 6.10 Å². The van der Waals surface area contributed by atoms with E-state index in [0.717, 1.165) is 5.76 Å². The molecule has 0 saturated carbocycles. The lowest BCUT2D eigenvalue weighted by Crippen LogP contribution is -2.18. The molecule has 5 nitrogen and oxygen atoms in total. The maximum atomic E-state index is 5.58. The molecule has 2 N–H and O–H groups in total. The number of nitrogens with two attached hydrogens (primary N) is 1. The molecule has 0 aliphatic rings. The van der Waals surface area contributed by atoms with Gasteiger partial charge in [0.1, 0.15) is 11.9 Å². The van der Waals surface area contributed by atoms with Gasteiger partial charge >= 0.3 is 0 Å². The van der Waals surface area contributed by atoms with Crippen LogP contribution in [-0.4, -0.2) is 40.1 Å². The summed E-state index contributed by atoms with van der Waals surface area (Å²) < 4.78 is 20.9. The van der Waals surface area contributed by atoms with E-state index in [4.69, 9.17) is 24.4 Å². The molecule has 92 valence electrons. The molecule has 1 unspecified atom stereocenters. The second-order valence-electron chi connectivity index (χ2n) is 3.22. The van der Waals surface area contributed by atoms with Gasteiger partial charge in [-0.25, -0.2) is 0 Å². The van der Waals surface area contributed by atoms with Crippen LogP contribution < -0.4 is 5.73 Å². The van der Waals surface area contributed by atoms with Gasteiger partial charge in [0.15, 0.2) is 0 Å². The summed E-state index contributed by atoms with van der Waals surface area (Å²) in [5.41, 5.74) is 5.58. The van der Waals surface area contributed by atoms with Crippen LogP contribution in [0.1, 0.15) is 11.9 Å². The maximum absolute atomic E-state index is 5.58. The smallest absolute Gasteiger partial charge is 0.133 e. The highest BCUT2D eigenvalue weighted by Crippen LogP contribution is 2.15. The molecule has 1 atom stereocenters. The minimum absolute atomic E-state index is 0.193. The first-order valence-electron chi connectivity index (χ1n) is 5.30. The molecule has 0 aliphatic carbocycles. The minimum atomic E-state index is -0.193. The number of ether oxygens (including phenoxy) is 3. The highest BCUT2D eigenvalue weighted by Gasteiger charge is 2.12. The zero-order valence-electron chi connectivity index (χ0n) is 9.56. The molecule has 0 saturated heterocycles. The predicted octanol–water partition coefficient (Wildman–Crippen LogP) is 0.959. The maximum Gasteiger partial charge on any atom is 0.133 e. The molecule has 0 spiro atoms. The van der Waals surface area contributed by atoms with Crippen LogP contribution in [0.4, 0.5) is 0 Å². The summed E-state index contributed by atoms with van der Waals surface area (Å²) in [4.78, 5) is 0. The Morgan fingerprint density at radius 2 is 2.12 bits per heavy atom. The van der Waals surface area contributed by atoms with Gasteiger partial charge in [0.25, 0.3) is 0 Å². The fourth-order valence-corrected chi connectivity index (χ4v) is 1.23. The molecule has 0 aromatic carbocycles. The molecule has 1 heterocycles. The van der Waals surface area contributed by atoms with Gasteiger partial charge in [0.2, 0.25) is 0 Å². The molecule has 0 fully saturated rings.